The first-order valence-corrected chi connectivity index (χ1v) is 16.8. The van der Waals surface area contributed by atoms with E-state index in [1.165, 1.54) is 66.4 Å². The maximum absolute atomic E-state index is 14.0. The molecule has 0 bridgehead atoms. The fourth-order valence-electron chi connectivity index (χ4n) is 4.75. The van der Waals surface area contributed by atoms with Gasteiger partial charge in [0.1, 0.15) is 22.5 Å². The Morgan fingerprint density at radius 1 is 0.875 bits per heavy atom. The molecule has 1 N–H and O–H groups in total. The number of benzene rings is 3. The first-order chi connectivity index (χ1) is 23.1. The van der Waals surface area contributed by atoms with Crippen molar-refractivity contribution >= 4 is 38.1 Å². The second-order valence-electron chi connectivity index (χ2n) is 10.1. The number of ether oxygens (including phenoxy) is 7. The Morgan fingerprint density at radius 2 is 1.56 bits per heavy atom. The van der Waals surface area contributed by atoms with Crippen LogP contribution in [0.3, 0.4) is 0 Å². The van der Waals surface area contributed by atoms with Crippen molar-refractivity contribution in [3.63, 3.8) is 0 Å². The molecule has 0 fully saturated rings. The lowest BCUT2D eigenvalue weighted by Crippen LogP contribution is -2.42. The van der Waals surface area contributed by atoms with Crippen molar-refractivity contribution in [3.8, 4) is 45.8 Å². The molecule has 0 spiro atoms. The fourth-order valence-corrected chi connectivity index (χ4v) is 6.59. The minimum Gasteiger partial charge on any atom is -0.496 e. The molecule has 0 saturated carbocycles. The van der Waals surface area contributed by atoms with E-state index in [1.807, 2.05) is 0 Å². The van der Waals surface area contributed by atoms with E-state index >= 15 is 0 Å². The van der Waals surface area contributed by atoms with Crippen molar-refractivity contribution in [3.05, 3.63) is 64.8 Å². The van der Waals surface area contributed by atoms with Crippen LogP contribution in [0.5, 0.6) is 34.5 Å². The summed E-state index contributed by atoms with van der Waals surface area (Å²) in [5, 5.41) is 4.40. The molecule has 0 amide bonds. The molecule has 0 saturated heterocycles. The standard InChI is InChI=1S/C32H34N2O12S2/c1-32(46-48(36,37)21-11-8-7-9-12-21)34-33-31(45-32)47-14-10-13-43-30-27(35)26-22(39-3)17-20(38-2)18-23(26)44-28(30)19-15-24(40-4)29(42-6)25(16-19)41-5/h7-9,11-12,15-18,34H,10,13-14H2,1-6H3. The van der Waals surface area contributed by atoms with E-state index in [1.54, 1.807) is 42.5 Å². The third-order valence-electron chi connectivity index (χ3n) is 6.97. The summed E-state index contributed by atoms with van der Waals surface area (Å²) < 4.78 is 76.0. The molecule has 2 heterocycles. The highest BCUT2D eigenvalue weighted by atomic mass is 32.2. The molecule has 1 aliphatic heterocycles. The van der Waals surface area contributed by atoms with Gasteiger partial charge in [0.25, 0.3) is 5.23 Å². The van der Waals surface area contributed by atoms with Crippen LogP contribution in [0.2, 0.25) is 0 Å². The van der Waals surface area contributed by atoms with Gasteiger partial charge in [0.15, 0.2) is 17.3 Å². The minimum absolute atomic E-state index is 0.0179. The lowest BCUT2D eigenvalue weighted by Gasteiger charge is -2.22. The van der Waals surface area contributed by atoms with Crippen LogP contribution in [-0.4, -0.2) is 67.5 Å². The maximum Gasteiger partial charge on any atom is 0.321 e. The SMILES string of the molecule is COc1cc(OC)c2c(=O)c(OCCCSC3=NNC(C)(OS(=O)(=O)c4ccccc4)O3)c(-c3cc(OC)c(OC)c(OC)c3)oc2c1. The number of methoxy groups -OCH3 is 5. The van der Waals surface area contributed by atoms with Gasteiger partial charge in [0.2, 0.25) is 16.9 Å². The maximum atomic E-state index is 14.0. The van der Waals surface area contributed by atoms with Gasteiger partial charge in [-0.1, -0.05) is 30.0 Å². The lowest BCUT2D eigenvalue weighted by molar-refractivity contribution is -0.109. The smallest absolute Gasteiger partial charge is 0.321 e. The van der Waals surface area contributed by atoms with Gasteiger partial charge >= 0.3 is 16.0 Å². The van der Waals surface area contributed by atoms with Gasteiger partial charge in [0, 0.05) is 30.4 Å². The lowest BCUT2D eigenvalue weighted by atomic mass is 10.1. The monoisotopic (exact) mass is 702 g/mol. The van der Waals surface area contributed by atoms with E-state index in [9.17, 15) is 13.2 Å². The second-order valence-corrected chi connectivity index (χ2v) is 12.7. The van der Waals surface area contributed by atoms with E-state index in [4.69, 9.17) is 41.8 Å². The molecule has 1 unspecified atom stereocenters. The number of hydrogen-bond acceptors (Lipinski definition) is 15. The molecule has 3 aromatic carbocycles. The number of nitrogens with one attached hydrogen (secondary N) is 1. The van der Waals surface area contributed by atoms with Gasteiger partial charge < -0.3 is 37.6 Å². The summed E-state index contributed by atoms with van der Waals surface area (Å²) in [6.45, 7) is 1.50. The summed E-state index contributed by atoms with van der Waals surface area (Å²) in [6.07, 6.45) is 0.429. The van der Waals surface area contributed by atoms with Crippen LogP contribution < -0.4 is 39.3 Å². The van der Waals surface area contributed by atoms with Crippen LogP contribution in [0.15, 0.2) is 73.8 Å². The van der Waals surface area contributed by atoms with E-state index < -0.39 is 21.5 Å². The zero-order chi connectivity index (χ0) is 34.5. The number of fused-ring (bicyclic) bond motifs is 1. The van der Waals surface area contributed by atoms with Crippen molar-refractivity contribution < 1.29 is 50.2 Å². The molecular formula is C32H34N2O12S2. The Bertz CT molecular complexity index is 1960. The Kier molecular flexibility index (Phi) is 10.5. The van der Waals surface area contributed by atoms with Crippen LogP contribution in [0.1, 0.15) is 13.3 Å². The molecule has 256 valence electrons. The Labute approximate surface area is 280 Å². The van der Waals surface area contributed by atoms with Crippen LogP contribution in [0, 0.1) is 0 Å². The van der Waals surface area contributed by atoms with Crippen molar-refractivity contribution in [2.24, 2.45) is 5.10 Å². The number of rotatable bonds is 14. The van der Waals surface area contributed by atoms with Crippen LogP contribution in [-0.2, 0) is 19.0 Å². The van der Waals surface area contributed by atoms with Gasteiger partial charge in [0.05, 0.1) is 47.1 Å². The Hall–Kier alpha value is -4.80. The molecule has 0 radical (unpaired) electrons. The predicted octanol–water partition coefficient (Wildman–Crippen LogP) is 4.98. The number of thioether (sulfide) groups is 1. The molecule has 14 nitrogen and oxygen atoms in total. The highest BCUT2D eigenvalue weighted by molar-refractivity contribution is 8.13. The fraction of sp³-hybridized carbons (Fsp3) is 0.312. The third kappa shape index (κ3) is 7.19. The summed E-state index contributed by atoms with van der Waals surface area (Å²) in [5.74, 6) is 0.490. The van der Waals surface area contributed by atoms with Crippen LogP contribution in [0.25, 0.3) is 22.3 Å². The van der Waals surface area contributed by atoms with Gasteiger partial charge in [-0.25, -0.2) is 5.43 Å². The van der Waals surface area contributed by atoms with E-state index in [0.29, 0.717) is 40.7 Å². The molecule has 1 atom stereocenters. The topological polar surface area (TPSA) is 163 Å². The molecule has 48 heavy (non-hydrogen) atoms. The van der Waals surface area contributed by atoms with Gasteiger partial charge in [-0.05, 0) is 30.7 Å². The minimum atomic E-state index is -4.12. The normalized spacial score (nSPS) is 15.7. The van der Waals surface area contributed by atoms with Gasteiger partial charge in [-0.3, -0.25) is 4.79 Å². The summed E-state index contributed by atoms with van der Waals surface area (Å²) in [6, 6.07) is 14.2. The second kappa shape index (κ2) is 14.5. The van der Waals surface area contributed by atoms with Crippen molar-refractivity contribution in [2.75, 3.05) is 47.9 Å². The van der Waals surface area contributed by atoms with Crippen molar-refractivity contribution in [2.45, 2.75) is 24.2 Å². The molecular weight excluding hydrogens is 668 g/mol. The van der Waals surface area contributed by atoms with Crippen LogP contribution >= 0.6 is 11.8 Å². The molecule has 1 aromatic heterocycles. The molecule has 4 aromatic rings. The molecule has 1 aliphatic rings. The number of hydrazone groups is 1. The predicted molar refractivity (Wildman–Crippen MR) is 178 cm³/mol. The molecule has 0 aliphatic carbocycles. The number of hydrogen-bond donors (Lipinski definition) is 1. The largest absolute Gasteiger partial charge is 0.496 e. The Morgan fingerprint density at radius 3 is 2.19 bits per heavy atom. The first-order valence-electron chi connectivity index (χ1n) is 14.4. The summed E-state index contributed by atoms with van der Waals surface area (Å²) in [4.78, 5) is 14.0. The van der Waals surface area contributed by atoms with E-state index in [2.05, 4.69) is 10.5 Å². The highest BCUT2D eigenvalue weighted by Crippen LogP contribution is 2.44. The third-order valence-corrected chi connectivity index (χ3v) is 9.27. The van der Waals surface area contributed by atoms with Crippen molar-refractivity contribution in [1.82, 2.24) is 5.43 Å². The molecule has 5 rings (SSSR count). The van der Waals surface area contributed by atoms with Crippen molar-refractivity contribution in [1.29, 1.82) is 0 Å². The highest BCUT2D eigenvalue weighted by Gasteiger charge is 2.40. The van der Waals surface area contributed by atoms with Gasteiger partial charge in [-0.2, -0.15) is 12.6 Å². The summed E-state index contributed by atoms with van der Waals surface area (Å²) in [7, 11) is 3.25. The first kappa shape index (κ1) is 34.5. The average Bonchev–Trinajstić information content (AvgIpc) is 3.46. The molecule has 16 heteroatoms. The Balaban J connectivity index is 1.35. The number of nitrogens with zero attached hydrogens (tertiary/aromatic N) is 1. The zero-order valence-electron chi connectivity index (χ0n) is 27.0. The summed E-state index contributed by atoms with van der Waals surface area (Å²) in [5.41, 5.74) is 2.76. The summed E-state index contributed by atoms with van der Waals surface area (Å²) >= 11 is 1.20. The average molecular weight is 703 g/mol. The zero-order valence-corrected chi connectivity index (χ0v) is 28.6. The van der Waals surface area contributed by atoms with E-state index in [0.717, 1.165) is 0 Å². The van der Waals surface area contributed by atoms with Crippen LogP contribution in [0.4, 0.5) is 0 Å². The van der Waals surface area contributed by atoms with Gasteiger partial charge in [-0.15, -0.1) is 5.10 Å². The quantitative estimate of drug-likeness (QED) is 0.138. The van der Waals surface area contributed by atoms with E-state index in [-0.39, 0.29) is 45.0 Å².